The smallest absolute Gasteiger partial charge is 0.260 e. The van der Waals surface area contributed by atoms with Crippen LogP contribution in [0.1, 0.15) is 44.6 Å². The zero-order valence-corrected chi connectivity index (χ0v) is 21.5. The van der Waals surface area contributed by atoms with E-state index >= 15 is 0 Å². The number of carbonyl (C=O) groups is 1. The Morgan fingerprint density at radius 2 is 1.94 bits per heavy atom. The number of unbranched alkanes of at least 4 members (excludes halogenated alkanes) is 1. The molecule has 1 aliphatic heterocycles. The highest BCUT2D eigenvalue weighted by atomic mass is 32.2. The van der Waals surface area contributed by atoms with Crippen molar-refractivity contribution in [3.8, 4) is 0 Å². The SMILES string of the molecule is CCCCSN1CSc2cc(S(=O)(=O)C(N[C@@H](C(=O)NO)C(C)C)c3ccccc3)ccc21. The molecule has 0 radical (unpaired) electrons. The Bertz CT molecular complexity index is 1050. The molecule has 0 aromatic heterocycles. The van der Waals surface area contributed by atoms with Crippen LogP contribution in [-0.4, -0.2) is 37.2 Å². The molecular formula is C23H31N3O4S3. The van der Waals surface area contributed by atoms with Crippen molar-refractivity contribution < 1.29 is 18.4 Å². The quantitative estimate of drug-likeness (QED) is 0.175. The highest BCUT2D eigenvalue weighted by Crippen LogP contribution is 2.44. The summed E-state index contributed by atoms with van der Waals surface area (Å²) in [5, 5.41) is 11.0. The average Bonchev–Trinajstić information content (AvgIpc) is 3.22. The Kier molecular flexibility index (Phi) is 9.11. The van der Waals surface area contributed by atoms with Crippen molar-refractivity contribution in [3.63, 3.8) is 0 Å². The Labute approximate surface area is 204 Å². The third-order valence-electron chi connectivity index (χ3n) is 5.41. The number of hydrogen-bond acceptors (Lipinski definition) is 8. The maximum atomic E-state index is 13.8. The molecule has 1 heterocycles. The molecule has 0 bridgehead atoms. The number of nitrogens with one attached hydrogen (secondary N) is 2. The maximum absolute atomic E-state index is 13.8. The second-order valence-electron chi connectivity index (χ2n) is 8.17. The first-order valence-electron chi connectivity index (χ1n) is 11.0. The Morgan fingerprint density at radius 1 is 1.21 bits per heavy atom. The van der Waals surface area contributed by atoms with Crippen LogP contribution in [0.25, 0.3) is 0 Å². The zero-order valence-electron chi connectivity index (χ0n) is 19.0. The monoisotopic (exact) mass is 509 g/mol. The number of hydroxylamine groups is 1. The van der Waals surface area contributed by atoms with Gasteiger partial charge in [-0.25, -0.2) is 13.9 Å². The van der Waals surface area contributed by atoms with E-state index in [0.29, 0.717) is 5.56 Å². The van der Waals surface area contributed by atoms with Crippen molar-refractivity contribution >= 4 is 45.1 Å². The number of fused-ring (bicyclic) bond motifs is 1. The summed E-state index contributed by atoms with van der Waals surface area (Å²) in [5.41, 5.74) is 3.20. The van der Waals surface area contributed by atoms with Gasteiger partial charge in [0.05, 0.1) is 22.5 Å². The van der Waals surface area contributed by atoms with Crippen LogP contribution in [0, 0.1) is 5.92 Å². The van der Waals surface area contributed by atoms with Gasteiger partial charge in [-0.2, -0.15) is 0 Å². The predicted molar refractivity (Wildman–Crippen MR) is 135 cm³/mol. The fourth-order valence-electron chi connectivity index (χ4n) is 3.55. The third kappa shape index (κ3) is 6.05. The van der Waals surface area contributed by atoms with Crippen LogP contribution in [0.3, 0.4) is 0 Å². The molecule has 0 saturated heterocycles. The van der Waals surface area contributed by atoms with Gasteiger partial charge < -0.3 is 4.31 Å². The van der Waals surface area contributed by atoms with E-state index < -0.39 is 27.2 Å². The second-order valence-corrected chi connectivity index (χ2v) is 12.3. The summed E-state index contributed by atoms with van der Waals surface area (Å²) in [6, 6.07) is 13.1. The van der Waals surface area contributed by atoms with Crippen molar-refractivity contribution in [3.05, 3.63) is 54.1 Å². The van der Waals surface area contributed by atoms with Crippen LogP contribution in [0.5, 0.6) is 0 Å². The summed E-state index contributed by atoms with van der Waals surface area (Å²) in [5.74, 6) is 0.882. The van der Waals surface area contributed by atoms with Gasteiger partial charge in [-0.05, 0) is 48.0 Å². The number of anilines is 1. The minimum atomic E-state index is -3.90. The summed E-state index contributed by atoms with van der Waals surface area (Å²) < 4.78 is 29.8. The molecule has 7 nitrogen and oxygen atoms in total. The molecule has 3 N–H and O–H groups in total. The summed E-state index contributed by atoms with van der Waals surface area (Å²) in [4.78, 5) is 13.4. The number of thioether (sulfide) groups is 1. The number of amides is 1. The number of carbonyl (C=O) groups excluding carboxylic acids is 1. The largest absolute Gasteiger partial charge is 0.305 e. The molecule has 2 aromatic carbocycles. The Hall–Kier alpha value is -1.72. The molecule has 33 heavy (non-hydrogen) atoms. The highest BCUT2D eigenvalue weighted by molar-refractivity contribution is 8.04. The molecular weight excluding hydrogens is 478 g/mol. The topological polar surface area (TPSA) is 98.7 Å². The first-order valence-corrected chi connectivity index (χ1v) is 14.4. The van der Waals surface area contributed by atoms with Gasteiger partial charge in [-0.1, -0.05) is 57.5 Å². The molecule has 1 aliphatic rings. The van der Waals surface area contributed by atoms with Crippen LogP contribution in [0.4, 0.5) is 5.69 Å². The Morgan fingerprint density at radius 3 is 2.58 bits per heavy atom. The minimum absolute atomic E-state index is 0.197. The molecule has 1 unspecified atom stereocenters. The molecule has 2 aromatic rings. The van der Waals surface area contributed by atoms with Crippen molar-refractivity contribution in [2.24, 2.45) is 5.92 Å². The first-order chi connectivity index (χ1) is 15.8. The maximum Gasteiger partial charge on any atom is 0.260 e. The fraction of sp³-hybridized carbons (Fsp3) is 0.435. The molecule has 2 atom stereocenters. The van der Waals surface area contributed by atoms with E-state index in [1.54, 1.807) is 79.4 Å². The normalized spacial score (nSPS) is 15.4. The van der Waals surface area contributed by atoms with Gasteiger partial charge in [0.15, 0.2) is 9.84 Å². The Balaban J connectivity index is 1.95. The summed E-state index contributed by atoms with van der Waals surface area (Å²) in [6.07, 6.45) is 2.27. The molecule has 0 saturated carbocycles. The van der Waals surface area contributed by atoms with Gasteiger partial charge in [0.1, 0.15) is 5.37 Å². The van der Waals surface area contributed by atoms with Gasteiger partial charge in [0.2, 0.25) is 0 Å². The molecule has 3 rings (SSSR count). The van der Waals surface area contributed by atoms with Crippen LogP contribution in [0.2, 0.25) is 0 Å². The van der Waals surface area contributed by atoms with E-state index in [2.05, 4.69) is 16.5 Å². The number of benzene rings is 2. The molecule has 0 spiro atoms. The van der Waals surface area contributed by atoms with Crippen molar-refractivity contribution in [2.75, 3.05) is 15.9 Å². The molecule has 1 amide bonds. The minimum Gasteiger partial charge on any atom is -0.305 e. The summed E-state index contributed by atoms with van der Waals surface area (Å²) in [7, 11) is -3.90. The van der Waals surface area contributed by atoms with Crippen molar-refractivity contribution in [2.45, 2.75) is 54.8 Å². The van der Waals surface area contributed by atoms with Crippen LogP contribution in [-0.2, 0) is 14.6 Å². The predicted octanol–water partition coefficient (Wildman–Crippen LogP) is 4.60. The lowest BCUT2D eigenvalue weighted by molar-refractivity contribution is -0.132. The second kappa shape index (κ2) is 11.6. The zero-order chi connectivity index (χ0) is 24.0. The summed E-state index contributed by atoms with van der Waals surface area (Å²) in [6.45, 7) is 5.74. The van der Waals surface area contributed by atoms with Crippen molar-refractivity contribution in [1.29, 1.82) is 0 Å². The van der Waals surface area contributed by atoms with Crippen LogP contribution in [0.15, 0.2) is 58.3 Å². The fourth-order valence-corrected chi connectivity index (χ4v) is 7.66. The van der Waals surface area contributed by atoms with E-state index in [1.807, 2.05) is 12.1 Å². The van der Waals surface area contributed by atoms with Gasteiger partial charge in [-0.3, -0.25) is 15.3 Å². The van der Waals surface area contributed by atoms with E-state index in [9.17, 15) is 13.2 Å². The van der Waals surface area contributed by atoms with E-state index in [0.717, 1.165) is 35.1 Å². The highest BCUT2D eigenvalue weighted by Gasteiger charge is 2.35. The standard InChI is InChI=1S/C23H31N3O4S3/c1-4-5-13-32-26-15-31-20-14-18(11-12-19(20)26)33(29,30)23(17-9-7-6-8-10-17)24-21(16(2)3)22(27)25-28/h6-12,14,16,21,23-24,28H,4-5,13,15H2,1-3H3,(H,25,27)/t21-,23?/m1/s1. The van der Waals surface area contributed by atoms with Crippen LogP contribution < -0.4 is 15.1 Å². The van der Waals surface area contributed by atoms with E-state index in [1.165, 1.54) is 0 Å². The summed E-state index contributed by atoms with van der Waals surface area (Å²) >= 11 is 3.39. The lowest BCUT2D eigenvalue weighted by Crippen LogP contribution is -2.49. The van der Waals surface area contributed by atoms with Gasteiger partial charge >= 0.3 is 0 Å². The number of hydrogen-bond donors (Lipinski definition) is 3. The van der Waals surface area contributed by atoms with Gasteiger partial charge in [0, 0.05) is 10.6 Å². The molecule has 10 heteroatoms. The van der Waals surface area contributed by atoms with Crippen molar-refractivity contribution in [1.82, 2.24) is 10.8 Å². The molecule has 0 fully saturated rings. The lowest BCUT2D eigenvalue weighted by Gasteiger charge is -2.27. The number of sulfone groups is 1. The van der Waals surface area contributed by atoms with Gasteiger partial charge in [-0.15, -0.1) is 11.8 Å². The average molecular weight is 510 g/mol. The molecule has 180 valence electrons. The van der Waals surface area contributed by atoms with E-state index in [-0.39, 0.29) is 10.8 Å². The molecule has 0 aliphatic carbocycles. The van der Waals surface area contributed by atoms with Crippen LogP contribution >= 0.6 is 23.7 Å². The number of nitrogens with zero attached hydrogens (tertiary/aromatic N) is 1. The third-order valence-corrected chi connectivity index (χ3v) is 9.65. The lowest BCUT2D eigenvalue weighted by atomic mass is 10.0. The van der Waals surface area contributed by atoms with E-state index in [4.69, 9.17) is 5.21 Å². The van der Waals surface area contributed by atoms with Gasteiger partial charge in [0.25, 0.3) is 5.91 Å². The number of rotatable bonds is 11. The first kappa shape index (κ1) is 25.9.